The standard InChI is InChI=1S/C15H19ClN2O6S/c1-4-24-14(19)11(16)9-17-15(20)18-12-8-10(25(21,22)5-2)6-7-13(12)23-3/h6-9H,4-5H2,1-3H3,(H2,17,18,20)/b11-9-. The highest BCUT2D eigenvalue weighted by molar-refractivity contribution is 7.91. The van der Waals surface area contributed by atoms with Crippen molar-refractivity contribution in [3.8, 4) is 5.75 Å². The van der Waals surface area contributed by atoms with Crippen molar-refractivity contribution in [2.45, 2.75) is 18.7 Å². The molecule has 1 aromatic rings. The topological polar surface area (TPSA) is 111 Å². The number of carbonyl (C=O) groups excluding carboxylic acids is 2. The third kappa shape index (κ3) is 5.95. The Hall–Kier alpha value is -2.26. The molecule has 0 fully saturated rings. The highest BCUT2D eigenvalue weighted by Gasteiger charge is 2.16. The first-order valence-electron chi connectivity index (χ1n) is 7.26. The molecule has 0 unspecified atom stereocenters. The summed E-state index contributed by atoms with van der Waals surface area (Å²) in [6.07, 6.45) is 0.966. The summed E-state index contributed by atoms with van der Waals surface area (Å²) < 4.78 is 33.6. The van der Waals surface area contributed by atoms with Crippen LogP contribution in [0.15, 0.2) is 34.3 Å². The Kier molecular flexibility index (Phi) is 7.72. The molecule has 0 saturated heterocycles. The fourth-order valence-corrected chi connectivity index (χ4v) is 2.71. The highest BCUT2D eigenvalue weighted by Crippen LogP contribution is 2.27. The predicted octanol–water partition coefficient (Wildman–Crippen LogP) is 2.25. The van der Waals surface area contributed by atoms with E-state index in [1.54, 1.807) is 6.92 Å². The summed E-state index contributed by atoms with van der Waals surface area (Å²) in [6, 6.07) is 3.36. The van der Waals surface area contributed by atoms with Crippen LogP contribution in [0, 0.1) is 0 Å². The molecule has 0 aliphatic rings. The Bertz CT molecular complexity index is 776. The van der Waals surface area contributed by atoms with E-state index in [4.69, 9.17) is 16.3 Å². The number of rotatable bonds is 7. The number of carbonyl (C=O) groups is 2. The first-order chi connectivity index (χ1) is 11.7. The Balaban J connectivity index is 2.94. The van der Waals surface area contributed by atoms with E-state index in [1.807, 2.05) is 0 Å². The van der Waals surface area contributed by atoms with Gasteiger partial charge in [-0.05, 0) is 25.1 Å². The maximum absolute atomic E-state index is 11.9. The fraction of sp³-hybridized carbons (Fsp3) is 0.333. The lowest BCUT2D eigenvalue weighted by molar-refractivity contribution is -0.137. The van der Waals surface area contributed by atoms with Crippen LogP contribution in [0.3, 0.4) is 0 Å². The second-order valence-electron chi connectivity index (χ2n) is 4.58. The molecule has 1 rings (SSSR count). The first-order valence-corrected chi connectivity index (χ1v) is 9.29. The zero-order chi connectivity index (χ0) is 19.0. The van der Waals surface area contributed by atoms with Gasteiger partial charge in [0.05, 0.1) is 30.1 Å². The van der Waals surface area contributed by atoms with Crippen LogP contribution in [-0.2, 0) is 19.4 Å². The summed E-state index contributed by atoms with van der Waals surface area (Å²) in [5.41, 5.74) is 0.148. The number of hydrogen-bond donors (Lipinski definition) is 2. The number of nitrogens with one attached hydrogen (secondary N) is 2. The molecule has 138 valence electrons. The van der Waals surface area contributed by atoms with Crippen LogP contribution in [0.4, 0.5) is 10.5 Å². The van der Waals surface area contributed by atoms with E-state index in [0.29, 0.717) is 0 Å². The molecule has 0 aliphatic carbocycles. The summed E-state index contributed by atoms with van der Waals surface area (Å²) in [6.45, 7) is 3.28. The molecule has 0 aliphatic heterocycles. The van der Waals surface area contributed by atoms with Crippen molar-refractivity contribution in [1.82, 2.24) is 5.32 Å². The maximum atomic E-state index is 11.9. The van der Waals surface area contributed by atoms with Crippen molar-refractivity contribution in [3.05, 3.63) is 29.4 Å². The number of halogens is 1. The summed E-state index contributed by atoms with van der Waals surface area (Å²) in [5.74, 6) is -0.591. The van der Waals surface area contributed by atoms with Crippen LogP contribution in [0.1, 0.15) is 13.8 Å². The first kappa shape index (κ1) is 20.8. The number of anilines is 1. The number of amides is 2. The smallest absolute Gasteiger partial charge is 0.351 e. The van der Waals surface area contributed by atoms with Gasteiger partial charge in [0.25, 0.3) is 0 Å². The maximum Gasteiger partial charge on any atom is 0.351 e. The summed E-state index contributed by atoms with van der Waals surface area (Å²) in [5, 5.41) is 4.36. The Labute approximate surface area is 151 Å². The van der Waals surface area contributed by atoms with Gasteiger partial charge in [-0.3, -0.25) is 0 Å². The number of sulfone groups is 1. The fourth-order valence-electron chi connectivity index (χ4n) is 1.69. The molecule has 0 heterocycles. The lowest BCUT2D eigenvalue weighted by atomic mass is 10.3. The number of urea groups is 1. The van der Waals surface area contributed by atoms with Gasteiger partial charge in [-0.2, -0.15) is 0 Å². The molecule has 8 nitrogen and oxygen atoms in total. The number of ether oxygens (including phenoxy) is 2. The molecule has 25 heavy (non-hydrogen) atoms. The van der Waals surface area contributed by atoms with Crippen LogP contribution >= 0.6 is 11.6 Å². The van der Waals surface area contributed by atoms with Gasteiger partial charge in [0, 0.05) is 6.20 Å². The second-order valence-corrected chi connectivity index (χ2v) is 7.26. The van der Waals surface area contributed by atoms with Crippen molar-refractivity contribution in [2.24, 2.45) is 0 Å². The van der Waals surface area contributed by atoms with Gasteiger partial charge in [-0.25, -0.2) is 18.0 Å². The van der Waals surface area contributed by atoms with Crippen LogP contribution in [-0.4, -0.2) is 39.9 Å². The zero-order valence-electron chi connectivity index (χ0n) is 14.0. The van der Waals surface area contributed by atoms with Crippen LogP contribution in [0.5, 0.6) is 5.75 Å². The number of methoxy groups -OCH3 is 1. The van der Waals surface area contributed by atoms with E-state index in [2.05, 4.69) is 15.4 Å². The number of hydrogen-bond acceptors (Lipinski definition) is 6. The van der Waals surface area contributed by atoms with E-state index < -0.39 is 21.8 Å². The monoisotopic (exact) mass is 390 g/mol. The lowest BCUT2D eigenvalue weighted by Gasteiger charge is -2.12. The molecule has 1 aromatic carbocycles. The molecule has 2 N–H and O–H groups in total. The normalized spacial score (nSPS) is 11.6. The Morgan fingerprint density at radius 2 is 1.96 bits per heavy atom. The molecule has 0 atom stereocenters. The van der Waals surface area contributed by atoms with Gasteiger partial charge in [0.15, 0.2) is 9.84 Å². The lowest BCUT2D eigenvalue weighted by Crippen LogP contribution is -2.25. The average Bonchev–Trinajstić information content (AvgIpc) is 2.59. The third-order valence-electron chi connectivity index (χ3n) is 2.96. The molecular weight excluding hydrogens is 372 g/mol. The minimum Gasteiger partial charge on any atom is -0.495 e. The molecule has 10 heteroatoms. The van der Waals surface area contributed by atoms with Crippen molar-refractivity contribution < 1.29 is 27.5 Å². The van der Waals surface area contributed by atoms with E-state index >= 15 is 0 Å². The highest BCUT2D eigenvalue weighted by atomic mass is 35.5. The SMILES string of the molecule is CCOC(=O)/C(Cl)=C/NC(=O)Nc1cc(S(=O)(=O)CC)ccc1OC. The molecule has 0 aromatic heterocycles. The molecule has 0 spiro atoms. The van der Waals surface area contributed by atoms with E-state index in [0.717, 1.165) is 6.20 Å². The van der Waals surface area contributed by atoms with Crippen molar-refractivity contribution in [3.63, 3.8) is 0 Å². The minimum absolute atomic E-state index is 0.0474. The van der Waals surface area contributed by atoms with Crippen molar-refractivity contribution in [2.75, 3.05) is 24.8 Å². The second kappa shape index (κ2) is 9.28. The molecule has 2 amide bonds. The van der Waals surface area contributed by atoms with Crippen LogP contribution in [0.25, 0.3) is 0 Å². The quantitative estimate of drug-likeness (QED) is 0.545. The van der Waals surface area contributed by atoms with Gasteiger partial charge < -0.3 is 20.1 Å². The third-order valence-corrected chi connectivity index (χ3v) is 4.95. The Morgan fingerprint density at radius 3 is 2.52 bits per heavy atom. The van der Waals surface area contributed by atoms with Gasteiger partial charge >= 0.3 is 12.0 Å². The minimum atomic E-state index is -3.45. The Morgan fingerprint density at radius 1 is 1.28 bits per heavy atom. The average molecular weight is 391 g/mol. The number of benzene rings is 1. The van der Waals surface area contributed by atoms with Gasteiger partial charge in [-0.15, -0.1) is 0 Å². The van der Waals surface area contributed by atoms with Crippen molar-refractivity contribution >= 4 is 39.1 Å². The van der Waals surface area contributed by atoms with Crippen LogP contribution in [0.2, 0.25) is 0 Å². The molecule has 0 bridgehead atoms. The van der Waals surface area contributed by atoms with Gasteiger partial charge in [0.1, 0.15) is 10.8 Å². The predicted molar refractivity (Wildman–Crippen MR) is 93.4 cm³/mol. The molecular formula is C15H19ClN2O6S. The van der Waals surface area contributed by atoms with Gasteiger partial charge in [-0.1, -0.05) is 18.5 Å². The van der Waals surface area contributed by atoms with Crippen LogP contribution < -0.4 is 15.4 Å². The molecule has 0 saturated carbocycles. The van der Waals surface area contributed by atoms with E-state index in [1.165, 1.54) is 32.2 Å². The number of esters is 1. The zero-order valence-corrected chi connectivity index (χ0v) is 15.5. The van der Waals surface area contributed by atoms with Crippen molar-refractivity contribution in [1.29, 1.82) is 0 Å². The van der Waals surface area contributed by atoms with Gasteiger partial charge in [0.2, 0.25) is 0 Å². The van der Waals surface area contributed by atoms with E-state index in [9.17, 15) is 18.0 Å². The summed E-state index contributed by atoms with van der Waals surface area (Å²) in [7, 11) is -2.07. The largest absolute Gasteiger partial charge is 0.495 e. The summed E-state index contributed by atoms with van der Waals surface area (Å²) in [4.78, 5) is 23.3. The van der Waals surface area contributed by atoms with E-state index in [-0.39, 0.29) is 33.7 Å². The molecule has 0 radical (unpaired) electrons. The summed E-state index contributed by atoms with van der Waals surface area (Å²) >= 11 is 5.66.